The summed E-state index contributed by atoms with van der Waals surface area (Å²) in [6.45, 7) is 2.77. The SMILES string of the molecule is CC(=O)c1ccc(C(=O)NCc2nnc3n2CCC3)s1. The Morgan fingerprint density at radius 2 is 2.15 bits per heavy atom. The van der Waals surface area contributed by atoms with Gasteiger partial charge in [0, 0.05) is 13.0 Å². The molecule has 6 nitrogen and oxygen atoms in total. The third kappa shape index (κ3) is 2.36. The smallest absolute Gasteiger partial charge is 0.261 e. The molecule has 0 saturated carbocycles. The predicted octanol–water partition coefficient (Wildman–Crippen LogP) is 1.42. The Hall–Kier alpha value is -2.02. The molecule has 0 unspecified atom stereocenters. The fourth-order valence-corrected chi connectivity index (χ4v) is 3.05. The first-order valence-electron chi connectivity index (χ1n) is 6.45. The molecule has 20 heavy (non-hydrogen) atoms. The van der Waals surface area contributed by atoms with Gasteiger partial charge in [0.1, 0.15) is 5.82 Å². The number of ketones is 1. The number of nitrogens with zero attached hydrogens (tertiary/aromatic N) is 3. The van der Waals surface area contributed by atoms with E-state index in [1.807, 2.05) is 0 Å². The molecule has 0 aliphatic carbocycles. The van der Waals surface area contributed by atoms with Crippen molar-refractivity contribution >= 4 is 23.0 Å². The van der Waals surface area contributed by atoms with Crippen LogP contribution in [0.3, 0.4) is 0 Å². The number of amides is 1. The van der Waals surface area contributed by atoms with Crippen molar-refractivity contribution in [3.63, 3.8) is 0 Å². The lowest BCUT2D eigenvalue weighted by molar-refractivity contribution is 0.0953. The van der Waals surface area contributed by atoms with E-state index >= 15 is 0 Å². The molecule has 1 aliphatic rings. The van der Waals surface area contributed by atoms with Crippen LogP contribution in [0.1, 0.15) is 44.3 Å². The molecule has 3 heterocycles. The lowest BCUT2D eigenvalue weighted by Crippen LogP contribution is -2.23. The van der Waals surface area contributed by atoms with E-state index in [2.05, 4.69) is 20.1 Å². The number of hydrogen-bond donors (Lipinski definition) is 1. The minimum absolute atomic E-state index is 0.0238. The van der Waals surface area contributed by atoms with E-state index in [0.29, 0.717) is 16.3 Å². The Morgan fingerprint density at radius 1 is 1.35 bits per heavy atom. The van der Waals surface area contributed by atoms with Gasteiger partial charge >= 0.3 is 0 Å². The standard InChI is InChI=1S/C13H14N4O2S/c1-8(18)9-4-5-10(20-9)13(19)14-7-12-16-15-11-3-2-6-17(11)12/h4-5H,2-3,6-7H2,1H3,(H,14,19). The van der Waals surface area contributed by atoms with Crippen molar-refractivity contribution in [2.24, 2.45) is 0 Å². The van der Waals surface area contributed by atoms with Gasteiger partial charge in [0.05, 0.1) is 16.3 Å². The van der Waals surface area contributed by atoms with Crippen molar-refractivity contribution in [2.45, 2.75) is 32.9 Å². The molecule has 0 spiro atoms. The maximum Gasteiger partial charge on any atom is 0.261 e. The van der Waals surface area contributed by atoms with Crippen LogP contribution in [0, 0.1) is 0 Å². The number of Topliss-reactive ketones (excluding diaryl/α,β-unsaturated/α-hetero) is 1. The van der Waals surface area contributed by atoms with E-state index < -0.39 is 0 Å². The van der Waals surface area contributed by atoms with Crippen LogP contribution in [-0.2, 0) is 19.5 Å². The first kappa shape index (κ1) is 13.0. The van der Waals surface area contributed by atoms with Crippen molar-refractivity contribution in [1.82, 2.24) is 20.1 Å². The molecule has 0 aromatic carbocycles. The highest BCUT2D eigenvalue weighted by Crippen LogP contribution is 2.17. The quantitative estimate of drug-likeness (QED) is 0.864. The molecule has 2 aromatic heterocycles. The molecule has 1 N–H and O–H groups in total. The molecule has 0 bridgehead atoms. The number of aromatic nitrogens is 3. The summed E-state index contributed by atoms with van der Waals surface area (Å²) >= 11 is 1.21. The van der Waals surface area contributed by atoms with E-state index in [1.54, 1.807) is 12.1 Å². The molecule has 3 rings (SSSR count). The lowest BCUT2D eigenvalue weighted by Gasteiger charge is -2.04. The minimum Gasteiger partial charge on any atom is -0.344 e. The van der Waals surface area contributed by atoms with Gasteiger partial charge < -0.3 is 9.88 Å². The van der Waals surface area contributed by atoms with Crippen molar-refractivity contribution in [3.8, 4) is 0 Å². The van der Waals surface area contributed by atoms with Crippen LogP contribution in [0.5, 0.6) is 0 Å². The molecule has 7 heteroatoms. The van der Waals surface area contributed by atoms with Crippen LogP contribution >= 0.6 is 11.3 Å². The molecule has 1 amide bonds. The van der Waals surface area contributed by atoms with Crippen molar-refractivity contribution in [3.05, 3.63) is 33.5 Å². The summed E-state index contributed by atoms with van der Waals surface area (Å²) in [4.78, 5) is 24.4. The van der Waals surface area contributed by atoms with Crippen LogP contribution in [0.4, 0.5) is 0 Å². The zero-order chi connectivity index (χ0) is 14.1. The molecule has 0 saturated heterocycles. The molecular weight excluding hydrogens is 276 g/mol. The number of fused-ring (bicyclic) bond motifs is 1. The summed E-state index contributed by atoms with van der Waals surface area (Å²) in [5.41, 5.74) is 0. The van der Waals surface area contributed by atoms with Crippen LogP contribution in [0.2, 0.25) is 0 Å². The van der Waals surface area contributed by atoms with Crippen molar-refractivity contribution in [2.75, 3.05) is 0 Å². The summed E-state index contributed by atoms with van der Waals surface area (Å²) in [5.74, 6) is 1.57. The number of rotatable bonds is 4. The second-order valence-electron chi connectivity index (χ2n) is 4.69. The maximum absolute atomic E-state index is 12.0. The topological polar surface area (TPSA) is 76.9 Å². The molecule has 2 aromatic rings. The van der Waals surface area contributed by atoms with Crippen LogP contribution in [-0.4, -0.2) is 26.5 Å². The highest BCUT2D eigenvalue weighted by molar-refractivity contribution is 7.15. The first-order valence-corrected chi connectivity index (χ1v) is 7.26. The summed E-state index contributed by atoms with van der Waals surface area (Å²) in [7, 11) is 0. The van der Waals surface area contributed by atoms with Crippen LogP contribution in [0.15, 0.2) is 12.1 Å². The number of carbonyl (C=O) groups excluding carboxylic acids is 2. The minimum atomic E-state index is -0.183. The van der Waals surface area contributed by atoms with Crippen molar-refractivity contribution < 1.29 is 9.59 Å². The van der Waals surface area contributed by atoms with E-state index in [4.69, 9.17) is 0 Å². The third-order valence-corrected chi connectivity index (χ3v) is 4.45. The lowest BCUT2D eigenvalue weighted by atomic mass is 10.3. The largest absolute Gasteiger partial charge is 0.344 e. The molecule has 104 valence electrons. The average Bonchev–Trinajstić information content (AvgIpc) is 3.12. The van der Waals surface area contributed by atoms with E-state index in [0.717, 1.165) is 31.0 Å². The second kappa shape index (κ2) is 5.16. The van der Waals surface area contributed by atoms with Gasteiger partial charge in [-0.2, -0.15) is 0 Å². The number of nitrogens with one attached hydrogen (secondary N) is 1. The highest BCUT2D eigenvalue weighted by Gasteiger charge is 2.18. The van der Waals surface area contributed by atoms with Gasteiger partial charge in [0.2, 0.25) is 0 Å². The summed E-state index contributed by atoms with van der Waals surface area (Å²) in [6, 6.07) is 3.35. The maximum atomic E-state index is 12.0. The normalized spacial score (nSPS) is 13.2. The Labute approximate surface area is 119 Å². The average molecular weight is 290 g/mol. The van der Waals surface area contributed by atoms with Gasteiger partial charge in [-0.05, 0) is 25.5 Å². The Balaban J connectivity index is 1.65. The van der Waals surface area contributed by atoms with Gasteiger partial charge in [-0.25, -0.2) is 0 Å². The Bertz CT molecular complexity index is 674. The fraction of sp³-hybridized carbons (Fsp3) is 0.385. The predicted molar refractivity (Wildman–Crippen MR) is 73.8 cm³/mol. The van der Waals surface area contributed by atoms with Gasteiger partial charge in [0.25, 0.3) is 5.91 Å². The van der Waals surface area contributed by atoms with E-state index in [1.165, 1.54) is 18.3 Å². The summed E-state index contributed by atoms with van der Waals surface area (Å²) < 4.78 is 2.05. The molecule has 0 atom stereocenters. The van der Waals surface area contributed by atoms with Gasteiger partial charge in [-0.15, -0.1) is 21.5 Å². The first-order chi connectivity index (χ1) is 9.65. The zero-order valence-electron chi connectivity index (χ0n) is 11.0. The van der Waals surface area contributed by atoms with Gasteiger partial charge in [-0.1, -0.05) is 0 Å². The monoisotopic (exact) mass is 290 g/mol. The van der Waals surface area contributed by atoms with Crippen LogP contribution < -0.4 is 5.32 Å². The van der Waals surface area contributed by atoms with Crippen molar-refractivity contribution in [1.29, 1.82) is 0 Å². The van der Waals surface area contributed by atoms with Gasteiger partial charge in [-0.3, -0.25) is 9.59 Å². The molecular formula is C13H14N4O2S. The highest BCUT2D eigenvalue weighted by atomic mass is 32.1. The Kier molecular flexibility index (Phi) is 3.35. The number of hydrogen-bond acceptors (Lipinski definition) is 5. The molecule has 0 fully saturated rings. The second-order valence-corrected chi connectivity index (χ2v) is 5.77. The summed E-state index contributed by atoms with van der Waals surface area (Å²) in [6.07, 6.45) is 2.03. The van der Waals surface area contributed by atoms with Crippen LogP contribution in [0.25, 0.3) is 0 Å². The number of thiophene rings is 1. The van der Waals surface area contributed by atoms with E-state index in [9.17, 15) is 9.59 Å². The molecule has 1 aliphatic heterocycles. The number of carbonyl (C=O) groups is 2. The van der Waals surface area contributed by atoms with E-state index in [-0.39, 0.29) is 11.7 Å². The Morgan fingerprint density at radius 3 is 2.90 bits per heavy atom. The van der Waals surface area contributed by atoms with Gasteiger partial charge in [0.15, 0.2) is 11.6 Å². The summed E-state index contributed by atoms with van der Waals surface area (Å²) in [5, 5.41) is 11.0. The fourth-order valence-electron chi connectivity index (χ4n) is 2.24. The number of aryl methyl sites for hydroxylation is 1. The molecule has 0 radical (unpaired) electrons. The third-order valence-electron chi connectivity index (χ3n) is 3.27. The zero-order valence-corrected chi connectivity index (χ0v) is 11.9.